The highest BCUT2D eigenvalue weighted by Crippen LogP contribution is 2.73. The molecular formula is C16H18N2O4. The largest absolute Gasteiger partial charge is 0.465 e. The van der Waals surface area contributed by atoms with Crippen molar-refractivity contribution in [1.82, 2.24) is 0 Å². The first-order valence-corrected chi connectivity index (χ1v) is 7.40. The summed E-state index contributed by atoms with van der Waals surface area (Å²) in [6.45, 7) is 5.64. The van der Waals surface area contributed by atoms with Crippen molar-refractivity contribution in [3.05, 3.63) is 29.8 Å². The molecule has 0 aromatic heterocycles. The first-order chi connectivity index (χ1) is 10.5. The van der Waals surface area contributed by atoms with Crippen LogP contribution in [0.3, 0.4) is 0 Å². The normalized spacial score (nSPS) is 31.0. The number of fused-ring (bicyclic) bond motifs is 3. The van der Waals surface area contributed by atoms with Crippen molar-refractivity contribution in [1.29, 1.82) is 0 Å². The van der Waals surface area contributed by atoms with Gasteiger partial charge in [-0.25, -0.2) is 4.79 Å². The molecule has 1 aromatic carbocycles. The van der Waals surface area contributed by atoms with Crippen LogP contribution in [0.15, 0.2) is 34.5 Å². The lowest BCUT2D eigenvalue weighted by Gasteiger charge is -2.16. The van der Waals surface area contributed by atoms with Gasteiger partial charge in [-0.15, -0.1) is 0 Å². The van der Waals surface area contributed by atoms with Crippen LogP contribution in [0.1, 0.15) is 32.3 Å². The number of benzene rings is 1. The van der Waals surface area contributed by atoms with E-state index in [4.69, 9.17) is 9.47 Å². The summed E-state index contributed by atoms with van der Waals surface area (Å²) in [4.78, 5) is 25.0. The highest BCUT2D eigenvalue weighted by Gasteiger charge is 2.86. The lowest BCUT2D eigenvalue weighted by atomic mass is 10.00. The molecule has 3 atom stereocenters. The van der Waals surface area contributed by atoms with Gasteiger partial charge in [0.15, 0.2) is 0 Å². The van der Waals surface area contributed by atoms with Crippen LogP contribution in [-0.2, 0) is 19.1 Å². The summed E-state index contributed by atoms with van der Waals surface area (Å²) in [6, 6.07) is 7.40. The van der Waals surface area contributed by atoms with Crippen LogP contribution in [-0.4, -0.2) is 30.7 Å². The summed E-state index contributed by atoms with van der Waals surface area (Å²) in [5, 5.41) is 8.35. The fourth-order valence-electron chi connectivity index (χ4n) is 3.42. The van der Waals surface area contributed by atoms with Gasteiger partial charge in [-0.05, 0) is 32.4 Å². The topological polar surface area (TPSA) is 77.3 Å². The Balaban J connectivity index is 2.11. The maximum atomic E-state index is 12.5. The van der Waals surface area contributed by atoms with Crippen molar-refractivity contribution in [2.24, 2.45) is 15.6 Å². The van der Waals surface area contributed by atoms with Crippen LogP contribution in [0.25, 0.3) is 0 Å². The Labute approximate surface area is 128 Å². The van der Waals surface area contributed by atoms with E-state index in [0.29, 0.717) is 5.69 Å². The molecule has 0 spiro atoms. The second-order valence-electron chi connectivity index (χ2n) is 5.60. The average molecular weight is 302 g/mol. The Hall–Kier alpha value is -2.24. The minimum atomic E-state index is -1.30. The highest BCUT2D eigenvalue weighted by molar-refractivity contribution is 6.02. The van der Waals surface area contributed by atoms with Gasteiger partial charge < -0.3 is 9.47 Å². The molecule has 1 fully saturated rings. The number of azo groups is 1. The van der Waals surface area contributed by atoms with Gasteiger partial charge in [0.1, 0.15) is 5.41 Å². The van der Waals surface area contributed by atoms with E-state index in [2.05, 4.69) is 10.2 Å². The number of carbonyl (C=O) groups is 2. The van der Waals surface area contributed by atoms with E-state index < -0.39 is 28.8 Å². The number of carbonyl (C=O) groups excluding carboxylic acids is 2. The van der Waals surface area contributed by atoms with Gasteiger partial charge in [-0.2, -0.15) is 10.2 Å². The number of ether oxygens (including phenoxy) is 2. The zero-order chi connectivity index (χ0) is 16.0. The lowest BCUT2D eigenvalue weighted by molar-refractivity contribution is -0.155. The Bertz CT molecular complexity index is 672. The zero-order valence-corrected chi connectivity index (χ0v) is 12.8. The molecule has 1 aliphatic carbocycles. The van der Waals surface area contributed by atoms with Gasteiger partial charge in [0, 0.05) is 5.92 Å². The number of hydrogen-bond donors (Lipinski definition) is 0. The van der Waals surface area contributed by atoms with E-state index >= 15 is 0 Å². The summed E-state index contributed by atoms with van der Waals surface area (Å²) in [6.07, 6.45) is 0. The van der Waals surface area contributed by atoms with Crippen molar-refractivity contribution in [3.63, 3.8) is 0 Å². The monoisotopic (exact) mass is 302 g/mol. The molecule has 0 radical (unpaired) electrons. The minimum absolute atomic E-state index is 0.226. The van der Waals surface area contributed by atoms with E-state index in [1.54, 1.807) is 20.8 Å². The molecule has 3 rings (SSSR count). The Morgan fingerprint density at radius 1 is 1.14 bits per heavy atom. The van der Waals surface area contributed by atoms with Crippen LogP contribution in [0.5, 0.6) is 0 Å². The molecule has 2 aliphatic rings. The minimum Gasteiger partial charge on any atom is -0.465 e. The molecular weight excluding hydrogens is 284 g/mol. The molecule has 1 saturated carbocycles. The molecule has 0 amide bonds. The molecule has 116 valence electrons. The van der Waals surface area contributed by atoms with Crippen molar-refractivity contribution >= 4 is 17.6 Å². The predicted molar refractivity (Wildman–Crippen MR) is 77.8 cm³/mol. The second kappa shape index (κ2) is 4.90. The van der Waals surface area contributed by atoms with Crippen LogP contribution >= 0.6 is 0 Å². The molecule has 0 saturated heterocycles. The fraction of sp³-hybridized carbons (Fsp3) is 0.500. The van der Waals surface area contributed by atoms with Gasteiger partial charge in [0.25, 0.3) is 0 Å². The maximum Gasteiger partial charge on any atom is 0.337 e. The van der Waals surface area contributed by atoms with Crippen molar-refractivity contribution in [2.75, 3.05) is 13.2 Å². The molecule has 0 bridgehead atoms. The van der Waals surface area contributed by atoms with Gasteiger partial charge in [0.05, 0.1) is 18.9 Å². The van der Waals surface area contributed by atoms with Crippen LogP contribution in [0.4, 0.5) is 5.69 Å². The maximum absolute atomic E-state index is 12.5. The quantitative estimate of drug-likeness (QED) is 0.801. The number of esters is 2. The summed E-state index contributed by atoms with van der Waals surface area (Å²) in [5.41, 5.74) is -0.865. The van der Waals surface area contributed by atoms with Crippen LogP contribution < -0.4 is 0 Å². The molecule has 6 heteroatoms. The Kier molecular flexibility index (Phi) is 3.27. The van der Waals surface area contributed by atoms with Crippen molar-refractivity contribution in [3.8, 4) is 0 Å². The molecule has 1 unspecified atom stereocenters. The zero-order valence-electron chi connectivity index (χ0n) is 12.8. The van der Waals surface area contributed by atoms with Crippen molar-refractivity contribution in [2.45, 2.75) is 32.2 Å². The standard InChI is InChI=1S/C16H18N2O4/c1-4-21-13(19)15(3)12-10-8-6-7-9-11(10)17-18-16(12,15)14(20)22-5-2/h6-9,12H,4-5H2,1-3H3/t12?,15-,16-/m0/s1. The third-order valence-corrected chi connectivity index (χ3v) is 4.55. The third kappa shape index (κ3) is 1.60. The molecule has 22 heavy (non-hydrogen) atoms. The second-order valence-corrected chi connectivity index (χ2v) is 5.60. The molecule has 0 N–H and O–H groups in total. The molecule has 1 heterocycles. The Morgan fingerprint density at radius 2 is 1.77 bits per heavy atom. The summed E-state index contributed by atoms with van der Waals surface area (Å²) < 4.78 is 10.3. The summed E-state index contributed by atoms with van der Waals surface area (Å²) in [7, 11) is 0. The first kappa shape index (κ1) is 14.7. The average Bonchev–Trinajstić information content (AvgIpc) is 3.11. The lowest BCUT2D eigenvalue weighted by Crippen LogP contribution is -2.34. The van der Waals surface area contributed by atoms with Crippen molar-refractivity contribution < 1.29 is 19.1 Å². The van der Waals surface area contributed by atoms with Crippen LogP contribution in [0, 0.1) is 5.41 Å². The number of hydrogen-bond acceptors (Lipinski definition) is 6. The van der Waals surface area contributed by atoms with E-state index in [9.17, 15) is 9.59 Å². The van der Waals surface area contributed by atoms with Gasteiger partial charge in [-0.1, -0.05) is 18.2 Å². The Morgan fingerprint density at radius 3 is 2.45 bits per heavy atom. The SMILES string of the molecule is CCOC(=O)[C@@]12N=Nc3ccccc3C1[C@@]2(C)C(=O)OCC. The highest BCUT2D eigenvalue weighted by atomic mass is 16.5. The smallest absolute Gasteiger partial charge is 0.337 e. The number of rotatable bonds is 4. The van der Waals surface area contributed by atoms with Gasteiger partial charge >= 0.3 is 11.9 Å². The first-order valence-electron chi connectivity index (χ1n) is 7.40. The summed E-state index contributed by atoms with van der Waals surface area (Å²) >= 11 is 0. The summed E-state index contributed by atoms with van der Waals surface area (Å²) in [5.74, 6) is -1.36. The van der Waals surface area contributed by atoms with Crippen LogP contribution in [0.2, 0.25) is 0 Å². The number of nitrogens with zero attached hydrogens (tertiary/aromatic N) is 2. The van der Waals surface area contributed by atoms with E-state index in [1.165, 1.54) is 0 Å². The van der Waals surface area contributed by atoms with E-state index in [0.717, 1.165) is 5.56 Å². The fourth-order valence-corrected chi connectivity index (χ4v) is 3.42. The van der Waals surface area contributed by atoms with E-state index in [1.807, 2.05) is 24.3 Å². The third-order valence-electron chi connectivity index (χ3n) is 4.55. The van der Waals surface area contributed by atoms with Gasteiger partial charge in [0.2, 0.25) is 5.54 Å². The van der Waals surface area contributed by atoms with E-state index in [-0.39, 0.29) is 13.2 Å². The van der Waals surface area contributed by atoms with Gasteiger partial charge in [-0.3, -0.25) is 4.79 Å². The predicted octanol–water partition coefficient (Wildman–Crippen LogP) is 2.75. The molecule has 6 nitrogen and oxygen atoms in total. The molecule has 1 aliphatic heterocycles. The molecule has 1 aromatic rings.